The summed E-state index contributed by atoms with van der Waals surface area (Å²) in [5, 5.41) is 12.3. The van der Waals surface area contributed by atoms with Crippen LogP contribution in [0, 0.1) is 0 Å². The number of nitrogens with one attached hydrogen (secondary N) is 2. The van der Waals surface area contributed by atoms with Crippen molar-refractivity contribution in [3.8, 4) is 11.4 Å². The van der Waals surface area contributed by atoms with Gasteiger partial charge in [0.1, 0.15) is 11.6 Å². The summed E-state index contributed by atoms with van der Waals surface area (Å²) in [5.41, 5.74) is 5.10. The fourth-order valence-corrected chi connectivity index (χ4v) is 5.14. The van der Waals surface area contributed by atoms with E-state index in [1.165, 1.54) is 30.2 Å². The average molecular weight is 478 g/mol. The van der Waals surface area contributed by atoms with E-state index in [2.05, 4.69) is 30.6 Å². The molecule has 1 aliphatic heterocycles. The van der Waals surface area contributed by atoms with E-state index in [0.717, 1.165) is 60.1 Å². The molecule has 9 heteroatoms. The predicted octanol–water partition coefficient (Wildman–Crippen LogP) is 4.16. The molecule has 6 heterocycles. The smallest absolute Gasteiger partial charge is 0.162 e. The molecule has 180 valence electrons. The summed E-state index contributed by atoms with van der Waals surface area (Å²) < 4.78 is 1.83. The summed E-state index contributed by atoms with van der Waals surface area (Å²) >= 11 is 0. The standard InChI is InChI=1S/C27H27N9/c1-2-18(3-1)22-16-29-17-23-25(22)27(35-12-9-28-10-13-35)34-26(33-23)19-4-7-30-24(14-19)32-20-6-11-36-21(15-20)5-8-31-36/h4-8,11,14-18,28H,1-3,9-10,12-13H2,(H,30,32). The molecule has 36 heavy (non-hydrogen) atoms. The van der Waals surface area contributed by atoms with Crippen molar-refractivity contribution in [3.05, 3.63) is 66.9 Å². The average Bonchev–Trinajstić information content (AvgIpc) is 3.36. The minimum atomic E-state index is 0.558. The second-order valence-electron chi connectivity index (χ2n) is 9.53. The van der Waals surface area contributed by atoms with Crippen molar-refractivity contribution in [2.24, 2.45) is 0 Å². The number of aromatic nitrogens is 6. The van der Waals surface area contributed by atoms with E-state index < -0.39 is 0 Å². The van der Waals surface area contributed by atoms with Gasteiger partial charge in [-0.25, -0.2) is 19.5 Å². The molecule has 5 aromatic rings. The van der Waals surface area contributed by atoms with Crippen LogP contribution in [0.4, 0.5) is 17.3 Å². The highest BCUT2D eigenvalue weighted by atomic mass is 15.2. The zero-order valence-electron chi connectivity index (χ0n) is 19.9. The van der Waals surface area contributed by atoms with E-state index in [4.69, 9.17) is 9.97 Å². The minimum absolute atomic E-state index is 0.558. The molecule has 0 spiro atoms. The first kappa shape index (κ1) is 21.2. The van der Waals surface area contributed by atoms with Gasteiger partial charge in [-0.3, -0.25) is 4.98 Å². The summed E-state index contributed by atoms with van der Waals surface area (Å²) in [6.07, 6.45) is 13.2. The molecule has 2 fully saturated rings. The summed E-state index contributed by atoms with van der Waals surface area (Å²) in [6, 6.07) is 9.98. The highest BCUT2D eigenvalue weighted by Gasteiger charge is 2.26. The number of rotatable bonds is 5. The highest BCUT2D eigenvalue weighted by molar-refractivity contribution is 5.94. The Morgan fingerprint density at radius 3 is 2.75 bits per heavy atom. The molecule has 1 saturated carbocycles. The van der Waals surface area contributed by atoms with Gasteiger partial charge in [-0.1, -0.05) is 6.42 Å². The molecular formula is C27H27N9. The van der Waals surface area contributed by atoms with Gasteiger partial charge in [-0.15, -0.1) is 0 Å². The molecule has 0 atom stereocenters. The summed E-state index contributed by atoms with van der Waals surface area (Å²) in [5.74, 6) is 3.02. The normalized spacial score (nSPS) is 16.4. The maximum absolute atomic E-state index is 5.17. The Labute approximate surface area is 208 Å². The van der Waals surface area contributed by atoms with Crippen molar-refractivity contribution in [1.82, 2.24) is 34.9 Å². The van der Waals surface area contributed by atoms with Crippen molar-refractivity contribution in [2.75, 3.05) is 36.4 Å². The Morgan fingerprint density at radius 2 is 1.89 bits per heavy atom. The van der Waals surface area contributed by atoms with E-state index in [9.17, 15) is 0 Å². The second kappa shape index (κ2) is 8.83. The molecule has 9 nitrogen and oxygen atoms in total. The van der Waals surface area contributed by atoms with Gasteiger partial charge in [0.25, 0.3) is 0 Å². The van der Waals surface area contributed by atoms with Gasteiger partial charge in [0.2, 0.25) is 0 Å². The Kier molecular flexibility index (Phi) is 5.20. The third-order valence-corrected chi connectivity index (χ3v) is 7.27. The van der Waals surface area contributed by atoms with Gasteiger partial charge in [-0.2, -0.15) is 5.10 Å². The lowest BCUT2D eigenvalue weighted by Crippen LogP contribution is -2.44. The Hall–Kier alpha value is -4.11. The molecule has 0 unspecified atom stereocenters. The lowest BCUT2D eigenvalue weighted by Gasteiger charge is -2.32. The van der Waals surface area contributed by atoms with Crippen LogP contribution >= 0.6 is 0 Å². The molecule has 1 saturated heterocycles. The largest absolute Gasteiger partial charge is 0.353 e. The fraction of sp³-hybridized carbons (Fsp3) is 0.296. The third kappa shape index (κ3) is 3.81. The maximum atomic E-state index is 5.17. The lowest BCUT2D eigenvalue weighted by atomic mass is 9.79. The first-order chi connectivity index (χ1) is 17.8. The molecule has 0 aromatic carbocycles. The van der Waals surface area contributed by atoms with Gasteiger partial charge in [0.05, 0.1) is 17.2 Å². The quantitative estimate of drug-likeness (QED) is 0.390. The lowest BCUT2D eigenvalue weighted by molar-refractivity contribution is 0.421. The maximum Gasteiger partial charge on any atom is 0.162 e. The van der Waals surface area contributed by atoms with E-state index in [1.807, 2.05) is 53.4 Å². The fourth-order valence-electron chi connectivity index (χ4n) is 5.14. The van der Waals surface area contributed by atoms with Gasteiger partial charge in [0, 0.05) is 67.6 Å². The van der Waals surface area contributed by atoms with E-state index >= 15 is 0 Å². The monoisotopic (exact) mass is 477 g/mol. The van der Waals surface area contributed by atoms with E-state index in [1.54, 1.807) is 12.4 Å². The van der Waals surface area contributed by atoms with E-state index in [-0.39, 0.29) is 0 Å². The van der Waals surface area contributed by atoms with Crippen molar-refractivity contribution in [1.29, 1.82) is 0 Å². The number of nitrogens with zero attached hydrogens (tertiary/aromatic N) is 7. The van der Waals surface area contributed by atoms with Crippen LogP contribution in [0.5, 0.6) is 0 Å². The van der Waals surface area contributed by atoms with Crippen LogP contribution in [0.3, 0.4) is 0 Å². The summed E-state index contributed by atoms with van der Waals surface area (Å²) in [4.78, 5) is 21.7. The van der Waals surface area contributed by atoms with Crippen molar-refractivity contribution in [2.45, 2.75) is 25.2 Å². The van der Waals surface area contributed by atoms with Crippen LogP contribution in [-0.2, 0) is 0 Å². The van der Waals surface area contributed by atoms with Crippen molar-refractivity contribution in [3.63, 3.8) is 0 Å². The number of hydrogen-bond donors (Lipinski definition) is 2. The number of pyridine rings is 3. The Morgan fingerprint density at radius 1 is 0.972 bits per heavy atom. The molecule has 0 amide bonds. The Balaban J connectivity index is 1.30. The van der Waals surface area contributed by atoms with Gasteiger partial charge < -0.3 is 15.5 Å². The summed E-state index contributed by atoms with van der Waals surface area (Å²) in [7, 11) is 0. The second-order valence-corrected chi connectivity index (χ2v) is 9.53. The third-order valence-electron chi connectivity index (χ3n) is 7.27. The van der Waals surface area contributed by atoms with Crippen molar-refractivity contribution >= 4 is 33.7 Å². The molecule has 5 aromatic heterocycles. The molecule has 7 rings (SSSR count). The van der Waals surface area contributed by atoms with Crippen molar-refractivity contribution < 1.29 is 0 Å². The molecule has 2 N–H and O–H groups in total. The number of anilines is 3. The van der Waals surface area contributed by atoms with Crippen LogP contribution in [0.1, 0.15) is 30.7 Å². The van der Waals surface area contributed by atoms with Gasteiger partial charge in [-0.05, 0) is 54.7 Å². The van der Waals surface area contributed by atoms with Gasteiger partial charge >= 0.3 is 0 Å². The molecule has 0 bridgehead atoms. The molecule has 1 aliphatic carbocycles. The topological polar surface area (TPSA) is 96.2 Å². The first-order valence-corrected chi connectivity index (χ1v) is 12.6. The zero-order chi connectivity index (χ0) is 23.9. The zero-order valence-corrected chi connectivity index (χ0v) is 19.9. The number of hydrogen-bond acceptors (Lipinski definition) is 8. The predicted molar refractivity (Wildman–Crippen MR) is 141 cm³/mol. The van der Waals surface area contributed by atoms with Crippen LogP contribution in [0.2, 0.25) is 0 Å². The van der Waals surface area contributed by atoms with Crippen LogP contribution in [-0.4, -0.2) is 55.7 Å². The van der Waals surface area contributed by atoms with Crippen LogP contribution in [0.15, 0.2) is 61.3 Å². The molecule has 0 radical (unpaired) electrons. The highest BCUT2D eigenvalue weighted by Crippen LogP contribution is 2.42. The van der Waals surface area contributed by atoms with E-state index in [0.29, 0.717) is 11.7 Å². The minimum Gasteiger partial charge on any atom is -0.353 e. The number of fused-ring (bicyclic) bond motifs is 2. The Bertz CT molecular complexity index is 1550. The molecule has 2 aliphatic rings. The SMILES string of the molecule is c1cc(-c2nc(N3CCNCC3)c3c(C4CCC4)cncc3n2)cc(Nc2ccn3nccc3c2)n1. The summed E-state index contributed by atoms with van der Waals surface area (Å²) in [6.45, 7) is 3.77. The van der Waals surface area contributed by atoms with Gasteiger partial charge in [0.15, 0.2) is 5.82 Å². The van der Waals surface area contributed by atoms with Crippen LogP contribution < -0.4 is 15.5 Å². The van der Waals surface area contributed by atoms with Crippen LogP contribution in [0.25, 0.3) is 27.8 Å². The first-order valence-electron chi connectivity index (χ1n) is 12.6. The molecular weight excluding hydrogens is 450 g/mol. The number of piperazine rings is 1.